The summed E-state index contributed by atoms with van der Waals surface area (Å²) in [6, 6.07) is 11.2. The average molecular weight is 363 g/mol. The number of methoxy groups -OCH3 is 2. The molecule has 2 rings (SSSR count). The van der Waals surface area contributed by atoms with Crippen molar-refractivity contribution in [1.82, 2.24) is 0 Å². The van der Waals surface area contributed by atoms with Gasteiger partial charge in [0.05, 0.1) is 24.8 Å². The maximum atomic E-state index is 13.1. The Morgan fingerprint density at radius 2 is 1.64 bits per heavy atom. The number of aryl methyl sites for hydroxylation is 2. The van der Waals surface area contributed by atoms with Gasteiger partial charge in [-0.15, -0.1) is 0 Å². The maximum absolute atomic E-state index is 13.1. The highest BCUT2D eigenvalue weighted by Crippen LogP contribution is 2.26. The Balaban J connectivity index is 2.52. The summed E-state index contributed by atoms with van der Waals surface area (Å²) < 4.78 is 36.9. The van der Waals surface area contributed by atoms with Crippen molar-refractivity contribution in [3.8, 4) is 5.75 Å². The smallest absolute Gasteiger partial charge is 0.326 e. The van der Waals surface area contributed by atoms with Crippen molar-refractivity contribution in [2.75, 3.05) is 25.1 Å². The van der Waals surface area contributed by atoms with Gasteiger partial charge in [0.1, 0.15) is 12.3 Å². The van der Waals surface area contributed by atoms with Gasteiger partial charge in [0.2, 0.25) is 0 Å². The lowest BCUT2D eigenvalue weighted by Crippen LogP contribution is -2.36. The van der Waals surface area contributed by atoms with Crippen LogP contribution < -0.4 is 9.04 Å². The van der Waals surface area contributed by atoms with Crippen molar-refractivity contribution in [2.45, 2.75) is 18.7 Å². The van der Waals surface area contributed by atoms with Gasteiger partial charge in [-0.2, -0.15) is 0 Å². The van der Waals surface area contributed by atoms with Crippen molar-refractivity contribution >= 4 is 21.7 Å². The molecule has 0 N–H and O–H groups in total. The lowest BCUT2D eigenvalue weighted by atomic mass is 10.1. The number of anilines is 1. The zero-order valence-electron chi connectivity index (χ0n) is 14.6. The lowest BCUT2D eigenvalue weighted by molar-refractivity contribution is -0.138. The molecule has 25 heavy (non-hydrogen) atoms. The monoisotopic (exact) mass is 363 g/mol. The van der Waals surface area contributed by atoms with E-state index in [1.54, 1.807) is 24.3 Å². The predicted octanol–water partition coefficient (Wildman–Crippen LogP) is 2.68. The van der Waals surface area contributed by atoms with Gasteiger partial charge in [0, 0.05) is 0 Å². The minimum atomic E-state index is -3.94. The standard InChI is InChI=1S/C18H21NO5S/c1-13-5-6-15(11-14(13)2)19(12-18(20)24-4)25(21,22)17-9-7-16(23-3)8-10-17/h5-11H,12H2,1-4H3. The van der Waals surface area contributed by atoms with E-state index in [0.717, 1.165) is 15.4 Å². The molecule has 0 spiro atoms. The molecule has 0 fully saturated rings. The number of hydrogen-bond donors (Lipinski definition) is 0. The van der Waals surface area contributed by atoms with Crippen LogP contribution in [0.3, 0.4) is 0 Å². The first kappa shape index (κ1) is 18.8. The third kappa shape index (κ3) is 4.11. The maximum Gasteiger partial charge on any atom is 0.326 e. The number of carbonyl (C=O) groups excluding carboxylic acids is 1. The third-order valence-corrected chi connectivity index (χ3v) is 5.71. The molecule has 0 heterocycles. The lowest BCUT2D eigenvalue weighted by Gasteiger charge is -2.24. The molecule has 0 saturated carbocycles. The highest BCUT2D eigenvalue weighted by atomic mass is 32.2. The van der Waals surface area contributed by atoms with Crippen LogP contribution in [0.25, 0.3) is 0 Å². The van der Waals surface area contributed by atoms with Crippen molar-refractivity contribution in [3.05, 3.63) is 53.6 Å². The van der Waals surface area contributed by atoms with Crippen molar-refractivity contribution in [2.24, 2.45) is 0 Å². The van der Waals surface area contributed by atoms with Crippen LogP contribution in [-0.2, 0) is 19.6 Å². The molecule has 0 radical (unpaired) electrons. The second-order valence-electron chi connectivity index (χ2n) is 5.53. The third-order valence-electron chi connectivity index (χ3n) is 3.93. The van der Waals surface area contributed by atoms with E-state index in [2.05, 4.69) is 4.74 Å². The summed E-state index contributed by atoms with van der Waals surface area (Å²) in [7, 11) is -1.21. The zero-order valence-corrected chi connectivity index (χ0v) is 15.5. The molecule has 0 aliphatic rings. The summed E-state index contributed by atoms with van der Waals surface area (Å²) in [4.78, 5) is 11.8. The van der Waals surface area contributed by atoms with Gasteiger partial charge in [-0.1, -0.05) is 6.07 Å². The minimum Gasteiger partial charge on any atom is -0.497 e. The molecule has 0 bridgehead atoms. The van der Waals surface area contributed by atoms with Crippen LogP contribution in [0.5, 0.6) is 5.75 Å². The van der Waals surface area contributed by atoms with Gasteiger partial charge in [-0.05, 0) is 61.4 Å². The van der Waals surface area contributed by atoms with Crippen LogP contribution >= 0.6 is 0 Å². The Morgan fingerprint density at radius 3 is 2.16 bits per heavy atom. The van der Waals surface area contributed by atoms with Gasteiger partial charge >= 0.3 is 5.97 Å². The second-order valence-corrected chi connectivity index (χ2v) is 7.39. The van der Waals surface area contributed by atoms with Crippen molar-refractivity contribution < 1.29 is 22.7 Å². The van der Waals surface area contributed by atoms with E-state index in [4.69, 9.17) is 4.74 Å². The predicted molar refractivity (Wildman–Crippen MR) is 95.5 cm³/mol. The first-order valence-electron chi connectivity index (χ1n) is 7.60. The summed E-state index contributed by atoms with van der Waals surface area (Å²) >= 11 is 0. The van der Waals surface area contributed by atoms with E-state index in [1.807, 2.05) is 19.9 Å². The fourth-order valence-corrected chi connectivity index (χ4v) is 3.65. The number of ether oxygens (including phenoxy) is 2. The molecular weight excluding hydrogens is 342 g/mol. The Morgan fingerprint density at radius 1 is 1.00 bits per heavy atom. The number of benzene rings is 2. The van der Waals surface area contributed by atoms with Gasteiger partial charge in [0.15, 0.2) is 0 Å². The summed E-state index contributed by atoms with van der Waals surface area (Å²) in [5.74, 6) is -0.0973. The van der Waals surface area contributed by atoms with Crippen molar-refractivity contribution in [1.29, 1.82) is 0 Å². The first-order chi connectivity index (χ1) is 11.8. The van der Waals surface area contributed by atoms with Gasteiger partial charge in [0.25, 0.3) is 10.0 Å². The fourth-order valence-electron chi connectivity index (χ4n) is 2.25. The summed E-state index contributed by atoms with van der Waals surface area (Å²) in [5.41, 5.74) is 2.37. The molecule has 0 aliphatic heterocycles. The highest BCUT2D eigenvalue weighted by molar-refractivity contribution is 7.92. The molecule has 0 atom stereocenters. The molecule has 0 aliphatic carbocycles. The molecule has 0 aromatic heterocycles. The summed E-state index contributed by atoms with van der Waals surface area (Å²) in [5, 5.41) is 0. The number of esters is 1. The van der Waals surface area contributed by atoms with E-state index >= 15 is 0 Å². The zero-order chi connectivity index (χ0) is 18.6. The molecule has 0 saturated heterocycles. The molecule has 6 nitrogen and oxygen atoms in total. The van der Waals surface area contributed by atoms with Crippen LogP contribution in [0, 0.1) is 13.8 Å². The molecule has 0 amide bonds. The number of nitrogens with zero attached hydrogens (tertiary/aromatic N) is 1. The van der Waals surface area contributed by atoms with Gasteiger partial charge < -0.3 is 9.47 Å². The van der Waals surface area contributed by atoms with E-state index in [1.165, 1.54) is 26.4 Å². The Kier molecular flexibility index (Phi) is 5.69. The fraction of sp³-hybridized carbons (Fsp3) is 0.278. The van der Waals surface area contributed by atoms with E-state index in [0.29, 0.717) is 11.4 Å². The Labute approximate surface area is 148 Å². The molecule has 7 heteroatoms. The first-order valence-corrected chi connectivity index (χ1v) is 9.04. The Bertz CT molecular complexity index is 860. The van der Waals surface area contributed by atoms with Gasteiger partial charge in [-0.25, -0.2) is 8.42 Å². The quantitative estimate of drug-likeness (QED) is 0.738. The number of hydrogen-bond acceptors (Lipinski definition) is 5. The van der Waals surface area contributed by atoms with Crippen LogP contribution in [0.4, 0.5) is 5.69 Å². The summed E-state index contributed by atoms with van der Waals surface area (Å²) in [6.45, 7) is 3.41. The van der Waals surface area contributed by atoms with Crippen LogP contribution in [0.15, 0.2) is 47.4 Å². The van der Waals surface area contributed by atoms with Crippen LogP contribution in [-0.4, -0.2) is 35.2 Å². The molecule has 2 aromatic carbocycles. The topological polar surface area (TPSA) is 72.9 Å². The molecule has 0 unspecified atom stereocenters. The van der Waals surface area contributed by atoms with E-state index in [9.17, 15) is 13.2 Å². The van der Waals surface area contributed by atoms with Crippen LogP contribution in [0.2, 0.25) is 0 Å². The highest BCUT2D eigenvalue weighted by Gasteiger charge is 2.27. The molecule has 2 aromatic rings. The second kappa shape index (κ2) is 7.57. The largest absolute Gasteiger partial charge is 0.497 e. The van der Waals surface area contributed by atoms with Gasteiger partial charge in [-0.3, -0.25) is 9.10 Å². The van der Waals surface area contributed by atoms with Crippen molar-refractivity contribution in [3.63, 3.8) is 0 Å². The normalized spacial score (nSPS) is 11.0. The Hall–Kier alpha value is -2.54. The van der Waals surface area contributed by atoms with E-state index in [-0.39, 0.29) is 4.90 Å². The molecule has 134 valence electrons. The van der Waals surface area contributed by atoms with Crippen LogP contribution in [0.1, 0.15) is 11.1 Å². The number of sulfonamides is 1. The summed E-state index contributed by atoms with van der Waals surface area (Å²) in [6.07, 6.45) is 0. The number of rotatable bonds is 6. The number of carbonyl (C=O) groups is 1. The average Bonchev–Trinajstić information content (AvgIpc) is 2.61. The van der Waals surface area contributed by atoms with E-state index < -0.39 is 22.5 Å². The minimum absolute atomic E-state index is 0.0652. The molecular formula is C18H21NO5S. The SMILES string of the molecule is COC(=O)CN(c1ccc(C)c(C)c1)S(=O)(=O)c1ccc(OC)cc1.